The highest BCUT2D eigenvalue weighted by atomic mass is 79.9. The molecule has 0 fully saturated rings. The number of hydrogen-bond donors (Lipinski definition) is 0. The van der Waals surface area contributed by atoms with Gasteiger partial charge in [-0.2, -0.15) is 0 Å². The van der Waals surface area contributed by atoms with Crippen LogP contribution in [0.5, 0.6) is 0 Å². The molecular weight excluding hydrogens is 241 g/mol. The monoisotopic (exact) mass is 245 g/mol. The largest absolute Gasteiger partial charge is 0.0892 e. The smallest absolute Gasteiger partial charge is 0.0522 e. The van der Waals surface area contributed by atoms with Crippen LogP contribution in [0.3, 0.4) is 0 Å². The van der Waals surface area contributed by atoms with E-state index in [-0.39, 0.29) is 0 Å². The van der Waals surface area contributed by atoms with Crippen LogP contribution >= 0.6 is 27.5 Å². The maximum atomic E-state index is 8.09. The first kappa shape index (κ1) is 9.39. The summed E-state index contributed by atoms with van der Waals surface area (Å²) in [6, 6.07) is 5.35. The highest BCUT2D eigenvalue weighted by molar-refractivity contribution is 9.10. The second-order valence-electron chi connectivity index (χ2n) is 2.12. The van der Waals surface area contributed by atoms with Gasteiger partial charge in [0.15, 0.2) is 0 Å². The zero-order chi connectivity index (χ0) is 8.97. The molecule has 0 unspecified atom stereocenters. The molecule has 3 nitrogen and oxygen atoms in total. The second-order valence-corrected chi connectivity index (χ2v) is 3.42. The Labute approximate surface area is 83.1 Å². The van der Waals surface area contributed by atoms with Crippen molar-refractivity contribution in [2.45, 2.75) is 6.54 Å². The highest BCUT2D eigenvalue weighted by Gasteiger charge is 1.98. The fraction of sp³-hybridized carbons (Fsp3) is 0.143. The van der Waals surface area contributed by atoms with Crippen LogP contribution in [0.1, 0.15) is 5.56 Å². The number of nitrogens with zero attached hydrogens (tertiary/aromatic N) is 3. The Hall–Kier alpha value is -0.700. The summed E-state index contributed by atoms with van der Waals surface area (Å²) in [6.07, 6.45) is 0. The molecule has 0 aliphatic carbocycles. The molecule has 0 aromatic heterocycles. The summed E-state index contributed by atoms with van der Waals surface area (Å²) >= 11 is 9.03. The van der Waals surface area contributed by atoms with Crippen molar-refractivity contribution in [1.29, 1.82) is 0 Å². The molecule has 0 saturated heterocycles. The first-order valence-electron chi connectivity index (χ1n) is 3.19. The molecular formula is C7H5BrClN3. The molecule has 0 radical (unpaired) electrons. The van der Waals surface area contributed by atoms with Crippen molar-refractivity contribution in [1.82, 2.24) is 0 Å². The Bertz CT molecular complexity index is 333. The number of halogens is 2. The van der Waals surface area contributed by atoms with Crippen LogP contribution in [0, 0.1) is 0 Å². The van der Waals surface area contributed by atoms with Gasteiger partial charge < -0.3 is 0 Å². The molecule has 1 aromatic carbocycles. The van der Waals surface area contributed by atoms with Crippen molar-refractivity contribution < 1.29 is 0 Å². The van der Waals surface area contributed by atoms with Gasteiger partial charge in [-0.15, -0.1) is 0 Å². The molecule has 0 N–H and O–H groups in total. The molecule has 0 bridgehead atoms. The molecule has 0 spiro atoms. The Morgan fingerprint density at radius 3 is 2.92 bits per heavy atom. The second kappa shape index (κ2) is 4.36. The fourth-order valence-corrected chi connectivity index (χ4v) is 1.57. The predicted molar refractivity (Wildman–Crippen MR) is 52.0 cm³/mol. The SMILES string of the molecule is [N-]=[N+]=NCc1ccc(Cl)cc1Br. The van der Waals surface area contributed by atoms with E-state index in [4.69, 9.17) is 17.1 Å². The summed E-state index contributed by atoms with van der Waals surface area (Å²) in [7, 11) is 0. The third-order valence-corrected chi connectivity index (χ3v) is 2.29. The van der Waals surface area contributed by atoms with Gasteiger partial charge in [-0.25, -0.2) is 0 Å². The summed E-state index contributed by atoms with van der Waals surface area (Å²) in [4.78, 5) is 2.67. The van der Waals surface area contributed by atoms with Crippen LogP contribution in [0.4, 0.5) is 0 Å². The maximum Gasteiger partial charge on any atom is 0.0522 e. The Balaban J connectivity index is 2.93. The van der Waals surface area contributed by atoms with Crippen LogP contribution < -0.4 is 0 Å². The van der Waals surface area contributed by atoms with Gasteiger partial charge in [0, 0.05) is 14.4 Å². The minimum absolute atomic E-state index is 0.342. The van der Waals surface area contributed by atoms with Crippen LogP contribution in [0.2, 0.25) is 5.02 Å². The van der Waals surface area contributed by atoms with Crippen LogP contribution in [0.25, 0.3) is 10.4 Å². The average Bonchev–Trinajstić information content (AvgIpc) is 2.03. The normalized spacial score (nSPS) is 9.17. The van der Waals surface area contributed by atoms with Crippen molar-refractivity contribution >= 4 is 27.5 Å². The molecule has 0 amide bonds. The lowest BCUT2D eigenvalue weighted by Crippen LogP contribution is -1.81. The van der Waals surface area contributed by atoms with Crippen molar-refractivity contribution in [2.24, 2.45) is 5.11 Å². The minimum Gasteiger partial charge on any atom is -0.0892 e. The summed E-state index contributed by atoms with van der Waals surface area (Å²) in [5.74, 6) is 0. The molecule has 1 rings (SSSR count). The number of benzene rings is 1. The Morgan fingerprint density at radius 1 is 1.58 bits per heavy atom. The van der Waals surface area contributed by atoms with Gasteiger partial charge in [-0.3, -0.25) is 0 Å². The van der Waals surface area contributed by atoms with Crippen LogP contribution in [-0.4, -0.2) is 0 Å². The molecule has 0 aliphatic rings. The van der Waals surface area contributed by atoms with E-state index in [0.717, 1.165) is 10.0 Å². The quantitative estimate of drug-likeness (QED) is 0.431. The first-order chi connectivity index (χ1) is 5.74. The Kier molecular flexibility index (Phi) is 3.41. The molecule has 12 heavy (non-hydrogen) atoms. The topological polar surface area (TPSA) is 48.8 Å². The maximum absolute atomic E-state index is 8.09. The summed E-state index contributed by atoms with van der Waals surface area (Å²) in [5.41, 5.74) is 9.02. The van der Waals surface area contributed by atoms with Crippen molar-refractivity contribution in [2.75, 3.05) is 0 Å². The van der Waals surface area contributed by atoms with Gasteiger partial charge >= 0.3 is 0 Å². The molecule has 62 valence electrons. The van der Waals surface area contributed by atoms with E-state index in [0.29, 0.717) is 11.6 Å². The number of azide groups is 1. The van der Waals surface area contributed by atoms with Crippen molar-refractivity contribution in [3.8, 4) is 0 Å². The first-order valence-corrected chi connectivity index (χ1v) is 4.36. The lowest BCUT2D eigenvalue weighted by atomic mass is 10.2. The molecule has 0 atom stereocenters. The zero-order valence-electron chi connectivity index (χ0n) is 6.04. The lowest BCUT2D eigenvalue weighted by Gasteiger charge is -1.99. The van der Waals surface area contributed by atoms with Gasteiger partial charge in [0.1, 0.15) is 0 Å². The van der Waals surface area contributed by atoms with Crippen molar-refractivity contribution in [3.63, 3.8) is 0 Å². The van der Waals surface area contributed by atoms with Gasteiger partial charge in [0.25, 0.3) is 0 Å². The third kappa shape index (κ3) is 2.41. The van der Waals surface area contributed by atoms with E-state index in [1.165, 1.54) is 0 Å². The van der Waals surface area contributed by atoms with Gasteiger partial charge in [0.05, 0.1) is 6.54 Å². The van der Waals surface area contributed by atoms with E-state index >= 15 is 0 Å². The van der Waals surface area contributed by atoms with Crippen LogP contribution in [-0.2, 0) is 6.54 Å². The fourth-order valence-electron chi connectivity index (χ4n) is 0.758. The summed E-state index contributed by atoms with van der Waals surface area (Å²) < 4.78 is 0.863. The molecule has 0 heterocycles. The number of rotatable bonds is 2. The van der Waals surface area contributed by atoms with Gasteiger partial charge in [-0.1, -0.05) is 38.7 Å². The Morgan fingerprint density at radius 2 is 2.33 bits per heavy atom. The zero-order valence-corrected chi connectivity index (χ0v) is 8.38. The van der Waals surface area contributed by atoms with E-state index in [2.05, 4.69) is 26.0 Å². The van der Waals surface area contributed by atoms with Crippen LogP contribution in [0.15, 0.2) is 27.8 Å². The van der Waals surface area contributed by atoms with E-state index in [9.17, 15) is 0 Å². The molecule has 0 aliphatic heterocycles. The third-order valence-electron chi connectivity index (χ3n) is 1.32. The number of hydrogen-bond acceptors (Lipinski definition) is 1. The highest BCUT2D eigenvalue weighted by Crippen LogP contribution is 2.21. The van der Waals surface area contributed by atoms with E-state index in [1.807, 2.05) is 6.07 Å². The molecule has 0 saturated carbocycles. The molecule has 5 heteroatoms. The summed E-state index contributed by atoms with van der Waals surface area (Å²) in [6.45, 7) is 0.342. The molecule has 1 aromatic rings. The summed E-state index contributed by atoms with van der Waals surface area (Å²) in [5, 5.41) is 4.10. The average molecular weight is 246 g/mol. The van der Waals surface area contributed by atoms with Gasteiger partial charge in [0.2, 0.25) is 0 Å². The predicted octanol–water partition coefficient (Wildman–Crippen LogP) is 3.91. The lowest BCUT2D eigenvalue weighted by molar-refractivity contribution is 1.04. The minimum atomic E-state index is 0.342. The van der Waals surface area contributed by atoms with E-state index < -0.39 is 0 Å². The van der Waals surface area contributed by atoms with Crippen molar-refractivity contribution in [3.05, 3.63) is 43.7 Å². The van der Waals surface area contributed by atoms with E-state index in [1.54, 1.807) is 12.1 Å². The standard InChI is InChI=1S/C7H5BrClN3/c8-7-3-6(9)2-1-5(7)4-11-12-10/h1-3H,4H2. The van der Waals surface area contributed by atoms with Gasteiger partial charge in [-0.05, 0) is 23.2 Å².